The highest BCUT2D eigenvalue weighted by Crippen LogP contribution is 2.33. The summed E-state index contributed by atoms with van der Waals surface area (Å²) in [5.74, 6) is 0. The number of hydrogen-bond acceptors (Lipinski definition) is 2. The molecular weight excluding hydrogens is 300 g/mol. The number of rotatable bonds is 5. The van der Waals surface area contributed by atoms with Crippen molar-refractivity contribution in [1.29, 1.82) is 0 Å². The second kappa shape index (κ2) is 7.61. The Morgan fingerprint density at radius 2 is 1.35 bits per heavy atom. The van der Waals surface area contributed by atoms with Gasteiger partial charge in [0, 0.05) is 15.4 Å². The molecule has 0 N–H and O–H groups in total. The second-order valence-electron chi connectivity index (χ2n) is 5.04. The van der Waals surface area contributed by atoms with Gasteiger partial charge in [-0.15, -0.1) is 0 Å². The minimum absolute atomic E-state index is 0.690. The molecular formula is C21H16OS. The monoisotopic (exact) mass is 316 g/mol. The van der Waals surface area contributed by atoms with E-state index in [1.54, 1.807) is 11.8 Å². The van der Waals surface area contributed by atoms with E-state index in [0.717, 1.165) is 27.2 Å². The topological polar surface area (TPSA) is 17.1 Å². The van der Waals surface area contributed by atoms with Crippen LogP contribution in [0.1, 0.15) is 11.1 Å². The fourth-order valence-corrected chi connectivity index (χ4v) is 3.30. The van der Waals surface area contributed by atoms with Crippen LogP contribution in [-0.4, -0.2) is 6.29 Å². The first kappa shape index (κ1) is 15.3. The molecule has 0 amide bonds. The van der Waals surface area contributed by atoms with Gasteiger partial charge >= 0.3 is 0 Å². The van der Waals surface area contributed by atoms with Crippen LogP contribution in [0.4, 0.5) is 0 Å². The highest BCUT2D eigenvalue weighted by atomic mass is 32.2. The van der Waals surface area contributed by atoms with Crippen LogP contribution in [0.3, 0.4) is 0 Å². The zero-order valence-electron chi connectivity index (χ0n) is 12.6. The highest BCUT2D eigenvalue weighted by Gasteiger charge is 2.08. The van der Waals surface area contributed by atoms with Gasteiger partial charge in [0.05, 0.1) is 0 Å². The van der Waals surface area contributed by atoms with Gasteiger partial charge < -0.3 is 0 Å². The molecule has 112 valence electrons. The number of aldehydes is 1. The zero-order chi connectivity index (χ0) is 15.9. The largest absolute Gasteiger partial charge is 0.298 e. The standard InChI is InChI=1S/C21H16OS/c22-16-18(15-17-9-3-1-4-10-17)20-13-7-8-14-21(20)23-19-11-5-2-6-12-19/h1-16H/b18-15+. The van der Waals surface area contributed by atoms with Crippen LogP contribution in [-0.2, 0) is 4.79 Å². The quantitative estimate of drug-likeness (QED) is 0.347. The third-order valence-electron chi connectivity index (χ3n) is 3.42. The summed E-state index contributed by atoms with van der Waals surface area (Å²) in [6.45, 7) is 0. The van der Waals surface area contributed by atoms with E-state index < -0.39 is 0 Å². The van der Waals surface area contributed by atoms with Gasteiger partial charge in [0.2, 0.25) is 0 Å². The molecule has 23 heavy (non-hydrogen) atoms. The van der Waals surface area contributed by atoms with Gasteiger partial charge in [-0.1, -0.05) is 78.5 Å². The third kappa shape index (κ3) is 3.99. The van der Waals surface area contributed by atoms with Crippen molar-refractivity contribution in [3.8, 4) is 0 Å². The Balaban J connectivity index is 1.98. The van der Waals surface area contributed by atoms with E-state index in [-0.39, 0.29) is 0 Å². The van der Waals surface area contributed by atoms with Crippen molar-refractivity contribution < 1.29 is 4.79 Å². The van der Waals surface area contributed by atoms with E-state index in [4.69, 9.17) is 0 Å². The lowest BCUT2D eigenvalue weighted by Crippen LogP contribution is -1.89. The molecule has 0 aliphatic rings. The molecule has 2 heteroatoms. The number of hydrogen-bond donors (Lipinski definition) is 0. The Morgan fingerprint density at radius 1 is 0.739 bits per heavy atom. The van der Waals surface area contributed by atoms with E-state index in [2.05, 4.69) is 18.2 Å². The summed E-state index contributed by atoms with van der Waals surface area (Å²) in [6, 6.07) is 28.1. The van der Waals surface area contributed by atoms with Crippen molar-refractivity contribution >= 4 is 29.7 Å². The lowest BCUT2D eigenvalue weighted by molar-refractivity contribution is -0.103. The molecule has 1 nitrogen and oxygen atoms in total. The molecule has 3 aromatic rings. The maximum Gasteiger partial charge on any atom is 0.150 e. The summed E-state index contributed by atoms with van der Waals surface area (Å²) in [6.07, 6.45) is 2.86. The van der Waals surface area contributed by atoms with Crippen LogP contribution in [0, 0.1) is 0 Å². The van der Waals surface area contributed by atoms with Gasteiger partial charge in [-0.3, -0.25) is 4.79 Å². The van der Waals surface area contributed by atoms with Crippen LogP contribution in [0.25, 0.3) is 11.6 Å². The lowest BCUT2D eigenvalue weighted by Gasteiger charge is -2.09. The SMILES string of the molecule is O=C/C(=C\c1ccccc1)c1ccccc1Sc1ccccc1. The van der Waals surface area contributed by atoms with Crippen LogP contribution in [0.15, 0.2) is 94.7 Å². The average molecular weight is 316 g/mol. The first-order valence-electron chi connectivity index (χ1n) is 7.41. The van der Waals surface area contributed by atoms with Gasteiger partial charge in [0.25, 0.3) is 0 Å². The van der Waals surface area contributed by atoms with Crippen molar-refractivity contribution in [3.05, 3.63) is 96.1 Å². The van der Waals surface area contributed by atoms with Crippen LogP contribution in [0.2, 0.25) is 0 Å². The van der Waals surface area contributed by atoms with Gasteiger partial charge in [-0.2, -0.15) is 0 Å². The zero-order valence-corrected chi connectivity index (χ0v) is 13.4. The van der Waals surface area contributed by atoms with E-state index >= 15 is 0 Å². The van der Waals surface area contributed by atoms with E-state index in [9.17, 15) is 4.79 Å². The van der Waals surface area contributed by atoms with Crippen LogP contribution < -0.4 is 0 Å². The Hall–Kier alpha value is -2.58. The Bertz CT molecular complexity index is 808. The maximum absolute atomic E-state index is 11.6. The molecule has 0 unspecified atom stereocenters. The molecule has 0 spiro atoms. The van der Waals surface area contributed by atoms with Crippen molar-refractivity contribution in [2.24, 2.45) is 0 Å². The summed E-state index contributed by atoms with van der Waals surface area (Å²) in [5, 5.41) is 0. The first-order chi connectivity index (χ1) is 11.4. The molecule has 0 aliphatic heterocycles. The summed E-state index contributed by atoms with van der Waals surface area (Å²) in [5.41, 5.74) is 2.67. The Kier molecular flexibility index (Phi) is 5.07. The lowest BCUT2D eigenvalue weighted by atomic mass is 10.0. The molecule has 0 bridgehead atoms. The molecule has 0 aliphatic carbocycles. The molecule has 0 atom stereocenters. The van der Waals surface area contributed by atoms with Crippen molar-refractivity contribution in [1.82, 2.24) is 0 Å². The van der Waals surface area contributed by atoms with Crippen molar-refractivity contribution in [2.75, 3.05) is 0 Å². The van der Waals surface area contributed by atoms with E-state index in [0.29, 0.717) is 5.57 Å². The fraction of sp³-hybridized carbons (Fsp3) is 0. The van der Waals surface area contributed by atoms with E-state index in [1.165, 1.54) is 0 Å². The van der Waals surface area contributed by atoms with Crippen molar-refractivity contribution in [3.63, 3.8) is 0 Å². The molecule has 3 rings (SSSR count). The van der Waals surface area contributed by atoms with E-state index in [1.807, 2.05) is 72.8 Å². The smallest absolute Gasteiger partial charge is 0.150 e. The predicted octanol–water partition coefficient (Wildman–Crippen LogP) is 5.58. The molecule has 0 saturated heterocycles. The normalized spacial score (nSPS) is 11.2. The van der Waals surface area contributed by atoms with Gasteiger partial charge in [0.15, 0.2) is 6.29 Å². The maximum atomic E-state index is 11.6. The number of carbonyl (C=O) groups excluding carboxylic acids is 1. The Labute approximate surface area is 140 Å². The Morgan fingerprint density at radius 3 is 2.04 bits per heavy atom. The summed E-state index contributed by atoms with van der Waals surface area (Å²) in [7, 11) is 0. The summed E-state index contributed by atoms with van der Waals surface area (Å²) < 4.78 is 0. The van der Waals surface area contributed by atoms with Gasteiger partial charge in [-0.25, -0.2) is 0 Å². The van der Waals surface area contributed by atoms with Gasteiger partial charge in [0.1, 0.15) is 0 Å². The number of benzene rings is 3. The van der Waals surface area contributed by atoms with Crippen molar-refractivity contribution in [2.45, 2.75) is 9.79 Å². The minimum atomic E-state index is 0.690. The molecule has 0 fully saturated rings. The summed E-state index contributed by atoms with van der Waals surface area (Å²) >= 11 is 1.67. The molecule has 0 aromatic heterocycles. The first-order valence-corrected chi connectivity index (χ1v) is 8.23. The molecule has 0 radical (unpaired) electrons. The van der Waals surface area contributed by atoms with Crippen LogP contribution >= 0.6 is 11.8 Å². The number of carbonyl (C=O) groups is 1. The highest BCUT2D eigenvalue weighted by molar-refractivity contribution is 7.99. The van der Waals surface area contributed by atoms with Gasteiger partial charge in [-0.05, 0) is 35.4 Å². The summed E-state index contributed by atoms with van der Waals surface area (Å²) in [4.78, 5) is 13.9. The second-order valence-corrected chi connectivity index (χ2v) is 6.15. The fourth-order valence-electron chi connectivity index (χ4n) is 2.31. The minimum Gasteiger partial charge on any atom is -0.298 e. The number of allylic oxidation sites excluding steroid dienone is 1. The third-order valence-corrected chi connectivity index (χ3v) is 4.50. The van der Waals surface area contributed by atoms with Crippen LogP contribution in [0.5, 0.6) is 0 Å². The molecule has 0 heterocycles. The predicted molar refractivity (Wildman–Crippen MR) is 97.4 cm³/mol. The molecule has 0 saturated carbocycles. The average Bonchev–Trinajstić information content (AvgIpc) is 2.62. The molecule has 3 aromatic carbocycles.